The number of nitrogens with zero attached hydrogens (tertiary/aromatic N) is 1. The number of carbonyl (C=O) groups excluding carboxylic acids is 1. The SMILES string of the molecule is O=C1CCc2ccc(OCCCCN3CCc4c(ccc(Cl)c4Cl)C3)cc2N1. The van der Waals surface area contributed by atoms with Crippen LogP contribution in [0.5, 0.6) is 5.75 Å². The van der Waals surface area contributed by atoms with Crippen LogP contribution in [0.1, 0.15) is 36.0 Å². The highest BCUT2D eigenvalue weighted by atomic mass is 35.5. The van der Waals surface area contributed by atoms with Crippen LogP contribution in [0.15, 0.2) is 30.3 Å². The Balaban J connectivity index is 1.21. The molecule has 0 saturated carbocycles. The standard InChI is InChI=1S/C22H24Cl2N2O2/c23-19-7-4-16-14-26(11-9-18(16)22(19)24)10-1-2-12-28-17-6-3-15-5-8-21(27)25-20(15)13-17/h3-4,6-7,13H,1-2,5,8-12,14H2,(H,25,27). The van der Waals surface area contributed by atoms with Gasteiger partial charge in [0.25, 0.3) is 0 Å². The van der Waals surface area contributed by atoms with Crippen molar-refractivity contribution in [2.24, 2.45) is 0 Å². The summed E-state index contributed by atoms with van der Waals surface area (Å²) in [6, 6.07) is 9.96. The molecule has 0 fully saturated rings. The van der Waals surface area contributed by atoms with Crippen molar-refractivity contribution >= 4 is 34.8 Å². The van der Waals surface area contributed by atoms with E-state index in [4.69, 9.17) is 27.9 Å². The van der Waals surface area contributed by atoms with Crippen molar-refractivity contribution in [2.75, 3.05) is 25.0 Å². The zero-order valence-electron chi connectivity index (χ0n) is 15.8. The van der Waals surface area contributed by atoms with Gasteiger partial charge in [0.05, 0.1) is 16.7 Å². The molecule has 28 heavy (non-hydrogen) atoms. The topological polar surface area (TPSA) is 41.6 Å². The minimum absolute atomic E-state index is 0.0799. The van der Waals surface area contributed by atoms with E-state index in [9.17, 15) is 4.79 Å². The molecule has 0 bridgehead atoms. The molecule has 2 aliphatic rings. The van der Waals surface area contributed by atoms with Crippen LogP contribution >= 0.6 is 23.2 Å². The van der Waals surface area contributed by atoms with Crippen LogP contribution in [-0.2, 0) is 24.2 Å². The van der Waals surface area contributed by atoms with Crippen molar-refractivity contribution in [2.45, 2.75) is 38.6 Å². The van der Waals surface area contributed by atoms with E-state index in [2.05, 4.69) is 16.3 Å². The van der Waals surface area contributed by atoms with Crippen LogP contribution in [-0.4, -0.2) is 30.5 Å². The number of hydrogen-bond acceptors (Lipinski definition) is 3. The first kappa shape index (κ1) is 19.6. The normalized spacial score (nSPS) is 16.3. The van der Waals surface area contributed by atoms with Gasteiger partial charge in [0.15, 0.2) is 0 Å². The third-order valence-corrected chi connectivity index (χ3v) is 6.32. The summed E-state index contributed by atoms with van der Waals surface area (Å²) in [7, 11) is 0. The Hall–Kier alpha value is -1.75. The van der Waals surface area contributed by atoms with Gasteiger partial charge in [-0.3, -0.25) is 9.69 Å². The number of halogens is 2. The second-order valence-corrected chi connectivity index (χ2v) is 8.23. The number of nitrogens with one attached hydrogen (secondary N) is 1. The Labute approximate surface area is 175 Å². The van der Waals surface area contributed by atoms with Gasteiger partial charge in [-0.15, -0.1) is 0 Å². The number of ether oxygens (including phenoxy) is 1. The van der Waals surface area contributed by atoms with Crippen LogP contribution in [0, 0.1) is 0 Å². The molecule has 2 aliphatic heterocycles. The third kappa shape index (κ3) is 4.45. The largest absolute Gasteiger partial charge is 0.494 e. The average Bonchev–Trinajstić information content (AvgIpc) is 2.70. The van der Waals surface area contributed by atoms with Gasteiger partial charge in [-0.05, 0) is 61.1 Å². The van der Waals surface area contributed by atoms with E-state index in [1.165, 1.54) is 16.7 Å². The molecule has 1 N–H and O–H groups in total. The fourth-order valence-electron chi connectivity index (χ4n) is 3.90. The number of anilines is 1. The van der Waals surface area contributed by atoms with Crippen LogP contribution in [0.2, 0.25) is 10.0 Å². The molecule has 148 valence electrons. The second kappa shape index (κ2) is 8.73. The Morgan fingerprint density at radius 2 is 1.89 bits per heavy atom. The lowest BCUT2D eigenvalue weighted by Crippen LogP contribution is -2.31. The summed E-state index contributed by atoms with van der Waals surface area (Å²) in [5.74, 6) is 0.899. The number of benzene rings is 2. The van der Waals surface area contributed by atoms with Gasteiger partial charge in [0, 0.05) is 31.3 Å². The van der Waals surface area contributed by atoms with Crippen LogP contribution in [0.25, 0.3) is 0 Å². The molecule has 4 nitrogen and oxygen atoms in total. The molecule has 2 aromatic rings. The minimum Gasteiger partial charge on any atom is -0.494 e. The van der Waals surface area contributed by atoms with Crippen molar-refractivity contribution in [1.29, 1.82) is 0 Å². The minimum atomic E-state index is 0.0799. The molecule has 2 aromatic carbocycles. The summed E-state index contributed by atoms with van der Waals surface area (Å²) in [5, 5.41) is 4.28. The predicted molar refractivity (Wildman–Crippen MR) is 114 cm³/mol. The number of hydrogen-bond donors (Lipinski definition) is 1. The fourth-order valence-corrected chi connectivity index (χ4v) is 4.36. The number of amides is 1. The summed E-state index contributed by atoms with van der Waals surface area (Å²) in [4.78, 5) is 14.0. The van der Waals surface area contributed by atoms with Crippen LogP contribution < -0.4 is 10.1 Å². The Morgan fingerprint density at radius 1 is 1.04 bits per heavy atom. The molecule has 4 rings (SSSR count). The molecule has 0 aromatic heterocycles. The number of unbranched alkanes of at least 4 members (excludes halogenated alkanes) is 1. The van der Waals surface area contributed by atoms with Gasteiger partial charge in [0.1, 0.15) is 5.75 Å². The fraction of sp³-hybridized carbons (Fsp3) is 0.409. The molecule has 2 heterocycles. The highest BCUT2D eigenvalue weighted by molar-refractivity contribution is 6.42. The van der Waals surface area contributed by atoms with E-state index in [1.54, 1.807) is 0 Å². The summed E-state index contributed by atoms with van der Waals surface area (Å²) < 4.78 is 5.88. The first-order valence-corrected chi connectivity index (χ1v) is 10.6. The van der Waals surface area contributed by atoms with E-state index < -0.39 is 0 Å². The second-order valence-electron chi connectivity index (χ2n) is 7.45. The lowest BCUT2D eigenvalue weighted by Gasteiger charge is -2.29. The van der Waals surface area contributed by atoms with Crippen molar-refractivity contribution in [3.8, 4) is 5.75 Å². The predicted octanol–water partition coefficient (Wildman–Crippen LogP) is 5.10. The van der Waals surface area contributed by atoms with Gasteiger partial charge < -0.3 is 10.1 Å². The quantitative estimate of drug-likeness (QED) is 0.663. The monoisotopic (exact) mass is 418 g/mol. The molecule has 6 heteroatoms. The van der Waals surface area contributed by atoms with Crippen LogP contribution in [0.3, 0.4) is 0 Å². The number of fused-ring (bicyclic) bond motifs is 2. The third-order valence-electron chi connectivity index (χ3n) is 5.48. The molecule has 0 spiro atoms. The number of rotatable bonds is 6. The van der Waals surface area contributed by atoms with E-state index in [-0.39, 0.29) is 5.91 Å². The summed E-state index contributed by atoms with van der Waals surface area (Å²) >= 11 is 12.4. The first-order chi connectivity index (χ1) is 13.6. The van der Waals surface area contributed by atoms with E-state index in [0.29, 0.717) is 23.1 Å². The highest BCUT2D eigenvalue weighted by Crippen LogP contribution is 2.32. The molecule has 0 radical (unpaired) electrons. The molecule has 1 amide bonds. The van der Waals surface area contributed by atoms with Gasteiger partial charge in [-0.1, -0.05) is 35.3 Å². The van der Waals surface area contributed by atoms with Gasteiger partial charge in [-0.25, -0.2) is 0 Å². The molecule has 0 unspecified atom stereocenters. The maximum absolute atomic E-state index is 11.5. The van der Waals surface area contributed by atoms with Gasteiger partial charge >= 0.3 is 0 Å². The average molecular weight is 419 g/mol. The molecule has 0 saturated heterocycles. The van der Waals surface area contributed by atoms with Crippen molar-refractivity contribution < 1.29 is 9.53 Å². The summed E-state index contributed by atoms with van der Waals surface area (Å²) in [6.07, 6.45) is 4.39. The maximum Gasteiger partial charge on any atom is 0.224 e. The summed E-state index contributed by atoms with van der Waals surface area (Å²) in [5.41, 5.74) is 4.56. The van der Waals surface area contributed by atoms with E-state index >= 15 is 0 Å². The van der Waals surface area contributed by atoms with Crippen molar-refractivity contribution in [3.05, 3.63) is 57.1 Å². The lowest BCUT2D eigenvalue weighted by molar-refractivity contribution is -0.116. The number of aryl methyl sites for hydroxylation is 1. The van der Waals surface area contributed by atoms with Crippen molar-refractivity contribution in [1.82, 2.24) is 4.90 Å². The Bertz CT molecular complexity index is 885. The molecule has 0 atom stereocenters. The summed E-state index contributed by atoms with van der Waals surface area (Å²) in [6.45, 7) is 3.66. The number of carbonyl (C=O) groups is 1. The smallest absolute Gasteiger partial charge is 0.224 e. The first-order valence-electron chi connectivity index (χ1n) is 9.84. The van der Waals surface area contributed by atoms with Crippen molar-refractivity contribution in [3.63, 3.8) is 0 Å². The Morgan fingerprint density at radius 3 is 2.79 bits per heavy atom. The van der Waals surface area contributed by atoms with E-state index in [1.807, 2.05) is 24.3 Å². The van der Waals surface area contributed by atoms with Gasteiger partial charge in [0.2, 0.25) is 5.91 Å². The van der Waals surface area contributed by atoms with Crippen LogP contribution in [0.4, 0.5) is 5.69 Å². The zero-order valence-corrected chi connectivity index (χ0v) is 17.3. The molecular formula is C22H24Cl2N2O2. The molecule has 0 aliphatic carbocycles. The highest BCUT2D eigenvalue weighted by Gasteiger charge is 2.19. The zero-order chi connectivity index (χ0) is 19.5. The van der Waals surface area contributed by atoms with E-state index in [0.717, 1.165) is 56.8 Å². The van der Waals surface area contributed by atoms with Gasteiger partial charge in [-0.2, -0.15) is 0 Å². The maximum atomic E-state index is 11.5. The lowest BCUT2D eigenvalue weighted by atomic mass is 9.99. The Kier molecular flexibility index (Phi) is 6.10. The molecular weight excluding hydrogens is 395 g/mol.